The summed E-state index contributed by atoms with van der Waals surface area (Å²) in [6, 6.07) is 12.4. The molecule has 0 saturated heterocycles. The SMILES string of the molecule is CCc1ccc(CNC(=NC)NCc2cccc(OC)c2)s1.I. The standard InChI is InChI=1S/C17H23N3OS.HI/c1-4-15-8-9-16(22-15)12-20-17(18-2)19-11-13-6-5-7-14(10-13)21-3;/h5-10H,4,11-12H2,1-3H3,(H2,18,19,20);1H. The molecule has 2 rings (SSSR count). The first-order valence-corrected chi connectivity index (χ1v) is 8.21. The van der Waals surface area contributed by atoms with Crippen LogP contribution >= 0.6 is 35.3 Å². The molecule has 0 radical (unpaired) electrons. The number of rotatable bonds is 6. The lowest BCUT2D eigenvalue weighted by molar-refractivity contribution is 0.414. The Bertz CT molecular complexity index is 628. The third-order valence-electron chi connectivity index (χ3n) is 3.31. The van der Waals surface area contributed by atoms with Gasteiger partial charge in [-0.05, 0) is 36.2 Å². The van der Waals surface area contributed by atoms with E-state index in [1.54, 1.807) is 14.2 Å². The first kappa shape index (κ1) is 19.8. The highest BCUT2D eigenvalue weighted by Crippen LogP contribution is 2.16. The summed E-state index contributed by atoms with van der Waals surface area (Å²) < 4.78 is 5.23. The fraction of sp³-hybridized carbons (Fsp3) is 0.353. The molecule has 0 unspecified atom stereocenters. The van der Waals surface area contributed by atoms with Crippen LogP contribution in [0.1, 0.15) is 22.2 Å². The fourth-order valence-electron chi connectivity index (χ4n) is 2.07. The van der Waals surface area contributed by atoms with Gasteiger partial charge < -0.3 is 15.4 Å². The Morgan fingerprint density at radius 2 is 1.87 bits per heavy atom. The van der Waals surface area contributed by atoms with Gasteiger partial charge in [0.05, 0.1) is 13.7 Å². The van der Waals surface area contributed by atoms with Crippen LogP contribution in [0.15, 0.2) is 41.4 Å². The van der Waals surface area contributed by atoms with Crippen molar-refractivity contribution in [2.75, 3.05) is 14.2 Å². The summed E-state index contributed by atoms with van der Waals surface area (Å²) in [6.45, 7) is 3.68. The predicted octanol–water partition coefficient (Wildman–Crippen LogP) is 3.80. The molecule has 0 bridgehead atoms. The quantitative estimate of drug-likeness (QED) is 0.404. The van der Waals surface area contributed by atoms with Crippen molar-refractivity contribution in [1.82, 2.24) is 10.6 Å². The number of methoxy groups -OCH3 is 1. The first-order valence-electron chi connectivity index (χ1n) is 7.40. The molecule has 1 heterocycles. The van der Waals surface area contributed by atoms with Crippen molar-refractivity contribution in [2.24, 2.45) is 4.99 Å². The summed E-state index contributed by atoms with van der Waals surface area (Å²) in [5.41, 5.74) is 1.16. The second-order valence-corrected chi connectivity index (χ2v) is 6.11. The summed E-state index contributed by atoms with van der Waals surface area (Å²) in [5.74, 6) is 1.67. The molecule has 0 fully saturated rings. The number of aryl methyl sites for hydroxylation is 1. The molecule has 6 heteroatoms. The summed E-state index contributed by atoms with van der Waals surface area (Å²) in [6.07, 6.45) is 1.09. The van der Waals surface area contributed by atoms with Crippen LogP contribution in [0, 0.1) is 0 Å². The highest BCUT2D eigenvalue weighted by atomic mass is 127. The van der Waals surface area contributed by atoms with Crippen LogP contribution in [0.25, 0.3) is 0 Å². The maximum atomic E-state index is 5.23. The van der Waals surface area contributed by atoms with Gasteiger partial charge in [0.15, 0.2) is 5.96 Å². The molecule has 1 aromatic carbocycles. The Balaban J connectivity index is 0.00000264. The molecular weight excluding hydrogens is 421 g/mol. The summed E-state index contributed by atoms with van der Waals surface area (Å²) in [4.78, 5) is 6.99. The molecule has 0 aliphatic heterocycles. The molecule has 0 amide bonds. The molecule has 1 aromatic heterocycles. The number of guanidine groups is 1. The van der Waals surface area contributed by atoms with E-state index in [0.717, 1.165) is 30.2 Å². The number of aliphatic imine (C=N–C) groups is 1. The van der Waals surface area contributed by atoms with Gasteiger partial charge in [-0.1, -0.05) is 19.1 Å². The van der Waals surface area contributed by atoms with E-state index in [4.69, 9.17) is 4.74 Å². The van der Waals surface area contributed by atoms with E-state index >= 15 is 0 Å². The lowest BCUT2D eigenvalue weighted by Gasteiger charge is -2.11. The molecular formula is C17H24IN3OS. The zero-order valence-corrected chi connectivity index (χ0v) is 16.9. The Morgan fingerprint density at radius 1 is 1.13 bits per heavy atom. The maximum Gasteiger partial charge on any atom is 0.191 e. The number of halogens is 1. The van der Waals surface area contributed by atoms with Crippen molar-refractivity contribution in [3.05, 3.63) is 51.7 Å². The van der Waals surface area contributed by atoms with Gasteiger partial charge >= 0.3 is 0 Å². The number of hydrogen-bond donors (Lipinski definition) is 2. The van der Waals surface area contributed by atoms with E-state index < -0.39 is 0 Å². The molecule has 126 valence electrons. The van der Waals surface area contributed by atoms with Gasteiger partial charge in [0.25, 0.3) is 0 Å². The summed E-state index contributed by atoms with van der Waals surface area (Å²) >= 11 is 1.84. The van der Waals surface area contributed by atoms with Crippen LogP contribution in [0.2, 0.25) is 0 Å². The van der Waals surface area contributed by atoms with E-state index in [1.807, 2.05) is 29.5 Å². The lowest BCUT2D eigenvalue weighted by Crippen LogP contribution is -2.36. The smallest absolute Gasteiger partial charge is 0.191 e. The molecule has 2 aromatic rings. The fourth-order valence-corrected chi connectivity index (χ4v) is 2.96. The first-order chi connectivity index (χ1) is 10.7. The number of nitrogens with one attached hydrogen (secondary N) is 2. The van der Waals surface area contributed by atoms with Crippen molar-refractivity contribution < 1.29 is 4.74 Å². The Labute approximate surface area is 159 Å². The Hall–Kier alpha value is -1.28. The van der Waals surface area contributed by atoms with Crippen molar-refractivity contribution in [3.63, 3.8) is 0 Å². The molecule has 0 saturated carbocycles. The van der Waals surface area contributed by atoms with Gasteiger partial charge in [-0.3, -0.25) is 4.99 Å². The van der Waals surface area contributed by atoms with Gasteiger partial charge in [-0.2, -0.15) is 0 Å². The highest BCUT2D eigenvalue weighted by Gasteiger charge is 2.02. The molecule has 0 aliphatic carbocycles. The van der Waals surface area contributed by atoms with Gasteiger partial charge in [0.1, 0.15) is 5.75 Å². The number of nitrogens with zero attached hydrogens (tertiary/aromatic N) is 1. The zero-order valence-electron chi connectivity index (χ0n) is 13.8. The van der Waals surface area contributed by atoms with E-state index in [-0.39, 0.29) is 24.0 Å². The minimum Gasteiger partial charge on any atom is -0.497 e. The average molecular weight is 445 g/mol. The summed E-state index contributed by atoms with van der Waals surface area (Å²) in [5, 5.41) is 6.66. The van der Waals surface area contributed by atoms with E-state index in [1.165, 1.54) is 9.75 Å². The van der Waals surface area contributed by atoms with Crippen LogP contribution in [-0.4, -0.2) is 20.1 Å². The number of hydrogen-bond acceptors (Lipinski definition) is 3. The monoisotopic (exact) mass is 445 g/mol. The molecule has 2 N–H and O–H groups in total. The second-order valence-electron chi connectivity index (χ2n) is 4.85. The van der Waals surface area contributed by atoms with Crippen molar-refractivity contribution in [1.29, 1.82) is 0 Å². The van der Waals surface area contributed by atoms with Gasteiger partial charge in [0.2, 0.25) is 0 Å². The minimum atomic E-state index is 0. The molecule has 0 spiro atoms. The molecule has 23 heavy (non-hydrogen) atoms. The topological polar surface area (TPSA) is 45.7 Å². The van der Waals surface area contributed by atoms with Crippen molar-refractivity contribution >= 4 is 41.3 Å². The normalized spacial score (nSPS) is 10.8. The number of thiophene rings is 1. The molecule has 0 aliphatic rings. The van der Waals surface area contributed by atoms with Gasteiger partial charge in [-0.25, -0.2) is 0 Å². The van der Waals surface area contributed by atoms with Gasteiger partial charge in [0, 0.05) is 23.3 Å². The zero-order chi connectivity index (χ0) is 15.8. The lowest BCUT2D eigenvalue weighted by atomic mass is 10.2. The van der Waals surface area contributed by atoms with E-state index in [0.29, 0.717) is 6.54 Å². The summed E-state index contributed by atoms with van der Waals surface area (Å²) in [7, 11) is 3.46. The van der Waals surface area contributed by atoms with Crippen LogP contribution in [-0.2, 0) is 19.5 Å². The number of ether oxygens (including phenoxy) is 1. The largest absolute Gasteiger partial charge is 0.497 e. The highest BCUT2D eigenvalue weighted by molar-refractivity contribution is 14.0. The third-order valence-corrected chi connectivity index (χ3v) is 4.54. The molecule has 4 nitrogen and oxygen atoms in total. The predicted molar refractivity (Wildman–Crippen MR) is 109 cm³/mol. The van der Waals surface area contributed by atoms with Crippen molar-refractivity contribution in [2.45, 2.75) is 26.4 Å². The number of benzene rings is 1. The maximum absolute atomic E-state index is 5.23. The van der Waals surface area contributed by atoms with Crippen LogP contribution in [0.3, 0.4) is 0 Å². The Morgan fingerprint density at radius 3 is 2.52 bits per heavy atom. The molecule has 0 atom stereocenters. The Kier molecular flexibility index (Phi) is 9.01. The van der Waals surface area contributed by atoms with Crippen LogP contribution in [0.5, 0.6) is 5.75 Å². The van der Waals surface area contributed by atoms with E-state index in [9.17, 15) is 0 Å². The van der Waals surface area contributed by atoms with Crippen LogP contribution < -0.4 is 15.4 Å². The average Bonchev–Trinajstić information content (AvgIpc) is 3.03. The van der Waals surface area contributed by atoms with E-state index in [2.05, 4.69) is 40.7 Å². The third kappa shape index (κ3) is 6.39. The minimum absolute atomic E-state index is 0. The van der Waals surface area contributed by atoms with Crippen LogP contribution in [0.4, 0.5) is 0 Å². The second kappa shape index (κ2) is 10.5. The van der Waals surface area contributed by atoms with Gasteiger partial charge in [-0.15, -0.1) is 35.3 Å². The van der Waals surface area contributed by atoms with Crippen molar-refractivity contribution in [3.8, 4) is 5.75 Å².